The number of halogens is 3. The molecule has 152 valence electrons. The van der Waals surface area contributed by atoms with Crippen LogP contribution in [0.15, 0.2) is 35.3 Å². The van der Waals surface area contributed by atoms with Gasteiger partial charge in [0.2, 0.25) is 5.91 Å². The van der Waals surface area contributed by atoms with E-state index in [1.807, 2.05) is 6.92 Å². The molecule has 0 unspecified atom stereocenters. The molecular formula is C19H21F3N2O4. The zero-order valence-corrected chi connectivity index (χ0v) is 16.0. The largest absolute Gasteiger partial charge is 0.493 e. The number of benzene rings is 1. The Morgan fingerprint density at radius 1 is 1.14 bits per heavy atom. The molecule has 6 nitrogen and oxygen atoms in total. The molecule has 0 saturated heterocycles. The number of methoxy groups -OCH3 is 2. The topological polar surface area (TPSA) is 60.8 Å². The lowest BCUT2D eigenvalue weighted by Crippen LogP contribution is -2.34. The van der Waals surface area contributed by atoms with Crippen LogP contribution in [-0.2, 0) is 24.1 Å². The van der Waals surface area contributed by atoms with Gasteiger partial charge in [-0.15, -0.1) is 0 Å². The fourth-order valence-corrected chi connectivity index (χ4v) is 2.63. The zero-order valence-electron chi connectivity index (χ0n) is 16.0. The second-order valence-corrected chi connectivity index (χ2v) is 6.27. The van der Waals surface area contributed by atoms with Crippen molar-refractivity contribution in [1.82, 2.24) is 9.47 Å². The molecule has 1 aromatic carbocycles. The summed E-state index contributed by atoms with van der Waals surface area (Å²) in [5.41, 5.74) is -0.0336. The molecule has 0 aliphatic rings. The van der Waals surface area contributed by atoms with Crippen molar-refractivity contribution < 1.29 is 27.4 Å². The standard InChI is InChI=1S/C19H21F3N2O4/c1-12-7-15(27-3)16(28-4)8-13(12)9-23(2)18(26)11-24-10-14(19(20,21)22)5-6-17(24)25/h5-8,10H,9,11H2,1-4H3. The number of rotatable bonds is 6. The average molecular weight is 398 g/mol. The molecule has 2 aromatic rings. The second-order valence-electron chi connectivity index (χ2n) is 6.27. The number of alkyl halides is 3. The molecule has 1 amide bonds. The van der Waals surface area contributed by atoms with E-state index < -0.39 is 29.8 Å². The van der Waals surface area contributed by atoms with Crippen LogP contribution in [0.5, 0.6) is 11.5 Å². The fraction of sp³-hybridized carbons (Fsp3) is 0.368. The smallest absolute Gasteiger partial charge is 0.417 e. The van der Waals surface area contributed by atoms with E-state index in [2.05, 4.69) is 0 Å². The summed E-state index contributed by atoms with van der Waals surface area (Å²) in [5.74, 6) is 0.543. The third kappa shape index (κ3) is 4.85. The molecule has 0 spiro atoms. The van der Waals surface area contributed by atoms with Gasteiger partial charge in [0.05, 0.1) is 19.8 Å². The summed E-state index contributed by atoms with van der Waals surface area (Å²) < 4.78 is 49.7. The minimum atomic E-state index is -4.60. The third-order valence-corrected chi connectivity index (χ3v) is 4.29. The maximum Gasteiger partial charge on any atom is 0.417 e. The first-order valence-corrected chi connectivity index (χ1v) is 8.30. The quantitative estimate of drug-likeness (QED) is 0.751. The lowest BCUT2D eigenvalue weighted by atomic mass is 10.1. The Morgan fingerprint density at radius 2 is 1.75 bits per heavy atom. The fourth-order valence-electron chi connectivity index (χ4n) is 2.63. The molecule has 0 saturated carbocycles. The summed E-state index contributed by atoms with van der Waals surface area (Å²) in [7, 11) is 4.52. The van der Waals surface area contributed by atoms with Crippen LogP contribution in [0.4, 0.5) is 13.2 Å². The SMILES string of the molecule is COc1cc(C)c(CN(C)C(=O)Cn2cc(C(F)(F)F)ccc2=O)cc1OC. The predicted molar refractivity (Wildman–Crippen MR) is 96.5 cm³/mol. The van der Waals surface area contributed by atoms with Crippen molar-refractivity contribution in [2.45, 2.75) is 26.2 Å². The van der Waals surface area contributed by atoms with E-state index in [1.54, 1.807) is 12.1 Å². The number of ether oxygens (including phenoxy) is 2. The summed E-state index contributed by atoms with van der Waals surface area (Å²) in [6, 6.07) is 4.99. The van der Waals surface area contributed by atoms with Crippen LogP contribution < -0.4 is 15.0 Å². The molecule has 1 heterocycles. The molecule has 0 atom stereocenters. The Kier molecular flexibility index (Phi) is 6.37. The van der Waals surface area contributed by atoms with Crippen LogP contribution in [0.1, 0.15) is 16.7 Å². The van der Waals surface area contributed by atoms with Gasteiger partial charge in [-0.05, 0) is 36.2 Å². The normalized spacial score (nSPS) is 11.2. The predicted octanol–water partition coefficient (Wildman–Crippen LogP) is 2.85. The number of hydrogen-bond acceptors (Lipinski definition) is 4. The van der Waals surface area contributed by atoms with Crippen molar-refractivity contribution in [2.24, 2.45) is 0 Å². The highest BCUT2D eigenvalue weighted by Gasteiger charge is 2.31. The number of amides is 1. The van der Waals surface area contributed by atoms with Gasteiger partial charge in [-0.2, -0.15) is 13.2 Å². The van der Waals surface area contributed by atoms with Crippen LogP contribution in [0.25, 0.3) is 0 Å². The minimum Gasteiger partial charge on any atom is -0.493 e. The van der Waals surface area contributed by atoms with Crippen LogP contribution in [0.3, 0.4) is 0 Å². The molecule has 2 rings (SSSR count). The highest BCUT2D eigenvalue weighted by Crippen LogP contribution is 2.31. The van der Waals surface area contributed by atoms with E-state index in [0.717, 1.165) is 21.8 Å². The van der Waals surface area contributed by atoms with E-state index in [0.29, 0.717) is 23.8 Å². The Bertz CT molecular complexity index is 922. The first kappa shape index (κ1) is 21.3. The van der Waals surface area contributed by atoms with Gasteiger partial charge < -0.3 is 18.9 Å². The van der Waals surface area contributed by atoms with Crippen molar-refractivity contribution in [3.05, 3.63) is 57.5 Å². The molecule has 0 radical (unpaired) electrons. The van der Waals surface area contributed by atoms with Crippen molar-refractivity contribution >= 4 is 5.91 Å². The molecule has 1 aromatic heterocycles. The summed E-state index contributed by atoms with van der Waals surface area (Å²) in [6.45, 7) is 1.54. The highest BCUT2D eigenvalue weighted by molar-refractivity contribution is 5.75. The molecule has 0 N–H and O–H groups in total. The van der Waals surface area contributed by atoms with E-state index >= 15 is 0 Å². The van der Waals surface area contributed by atoms with Gasteiger partial charge in [0, 0.05) is 25.9 Å². The van der Waals surface area contributed by atoms with Crippen LogP contribution in [-0.4, -0.2) is 36.6 Å². The molecule has 0 aliphatic carbocycles. The lowest BCUT2D eigenvalue weighted by Gasteiger charge is -2.20. The van der Waals surface area contributed by atoms with E-state index in [-0.39, 0.29) is 6.54 Å². The number of nitrogens with zero attached hydrogens (tertiary/aromatic N) is 2. The highest BCUT2D eigenvalue weighted by atomic mass is 19.4. The molecule has 0 bridgehead atoms. The summed E-state index contributed by atoms with van der Waals surface area (Å²) >= 11 is 0. The second kappa shape index (κ2) is 8.37. The first-order chi connectivity index (χ1) is 13.1. The van der Waals surface area contributed by atoms with Gasteiger partial charge in [-0.3, -0.25) is 9.59 Å². The number of likely N-dealkylation sites (N-methyl/N-ethyl adjacent to an activating group) is 1. The molecule has 28 heavy (non-hydrogen) atoms. The van der Waals surface area contributed by atoms with Crippen LogP contribution in [0.2, 0.25) is 0 Å². The Labute approximate surface area is 160 Å². The average Bonchev–Trinajstić information content (AvgIpc) is 2.63. The number of aromatic nitrogens is 1. The van der Waals surface area contributed by atoms with Crippen molar-refractivity contribution in [3.63, 3.8) is 0 Å². The number of carbonyl (C=O) groups excluding carboxylic acids is 1. The molecule has 0 fully saturated rings. The van der Waals surface area contributed by atoms with E-state index in [9.17, 15) is 22.8 Å². The minimum absolute atomic E-state index is 0.193. The molecule has 9 heteroatoms. The Hall–Kier alpha value is -2.97. The van der Waals surface area contributed by atoms with Gasteiger partial charge in [0.1, 0.15) is 6.54 Å². The monoisotopic (exact) mass is 398 g/mol. The van der Waals surface area contributed by atoms with Crippen LogP contribution >= 0.6 is 0 Å². The van der Waals surface area contributed by atoms with Gasteiger partial charge in [-0.25, -0.2) is 0 Å². The van der Waals surface area contributed by atoms with Gasteiger partial charge in [0.25, 0.3) is 5.56 Å². The Morgan fingerprint density at radius 3 is 2.32 bits per heavy atom. The Balaban J connectivity index is 2.19. The summed E-state index contributed by atoms with van der Waals surface area (Å²) in [6.07, 6.45) is -3.95. The lowest BCUT2D eigenvalue weighted by molar-refractivity contribution is -0.138. The summed E-state index contributed by atoms with van der Waals surface area (Å²) in [4.78, 5) is 25.6. The summed E-state index contributed by atoms with van der Waals surface area (Å²) in [5, 5.41) is 0. The third-order valence-electron chi connectivity index (χ3n) is 4.29. The van der Waals surface area contributed by atoms with Gasteiger partial charge in [-0.1, -0.05) is 0 Å². The first-order valence-electron chi connectivity index (χ1n) is 8.30. The molecule has 0 aliphatic heterocycles. The number of hydrogen-bond donors (Lipinski definition) is 0. The zero-order chi connectivity index (χ0) is 21.1. The van der Waals surface area contributed by atoms with Crippen molar-refractivity contribution in [1.29, 1.82) is 0 Å². The van der Waals surface area contributed by atoms with Crippen molar-refractivity contribution in [3.8, 4) is 11.5 Å². The number of carbonyl (C=O) groups is 1. The number of aryl methyl sites for hydroxylation is 1. The van der Waals surface area contributed by atoms with E-state index in [4.69, 9.17) is 9.47 Å². The van der Waals surface area contributed by atoms with Crippen molar-refractivity contribution in [2.75, 3.05) is 21.3 Å². The maximum atomic E-state index is 12.8. The van der Waals surface area contributed by atoms with Gasteiger partial charge >= 0.3 is 6.18 Å². The number of pyridine rings is 1. The van der Waals surface area contributed by atoms with E-state index in [1.165, 1.54) is 26.2 Å². The molecular weight excluding hydrogens is 377 g/mol. The van der Waals surface area contributed by atoms with Crippen LogP contribution in [0, 0.1) is 6.92 Å². The van der Waals surface area contributed by atoms with Gasteiger partial charge in [0.15, 0.2) is 11.5 Å². The maximum absolute atomic E-state index is 12.8.